The first-order valence-corrected chi connectivity index (χ1v) is 8.98. The molecule has 0 aliphatic heterocycles. The number of hydrogen-bond donors (Lipinski definition) is 3. The summed E-state index contributed by atoms with van der Waals surface area (Å²) in [6.45, 7) is 2.23. The summed E-state index contributed by atoms with van der Waals surface area (Å²) in [5.74, 6) is -0.0499. The first-order valence-electron chi connectivity index (χ1n) is 8.98. The molecule has 0 unspecified atom stereocenters. The topological polar surface area (TPSA) is 83.1 Å². The Labute approximate surface area is 153 Å². The maximum absolute atomic E-state index is 12.3. The fraction of sp³-hybridized carbons (Fsp3) is 0.350. The monoisotopic (exact) mass is 352 g/mol. The Bertz CT molecular complexity index is 771. The van der Waals surface area contributed by atoms with E-state index in [-0.39, 0.29) is 18.0 Å². The van der Waals surface area contributed by atoms with E-state index in [0.717, 1.165) is 24.1 Å². The van der Waals surface area contributed by atoms with Gasteiger partial charge in [0.2, 0.25) is 0 Å². The van der Waals surface area contributed by atoms with Gasteiger partial charge in [0.25, 0.3) is 5.91 Å². The zero-order valence-corrected chi connectivity index (χ0v) is 14.9. The van der Waals surface area contributed by atoms with Crippen LogP contribution in [0.2, 0.25) is 0 Å². The van der Waals surface area contributed by atoms with Crippen LogP contribution in [0.3, 0.4) is 0 Å². The fourth-order valence-electron chi connectivity index (χ4n) is 3.12. The molecule has 1 aromatic carbocycles. The van der Waals surface area contributed by atoms with Crippen molar-refractivity contribution >= 4 is 17.6 Å². The van der Waals surface area contributed by atoms with Gasteiger partial charge >= 0.3 is 6.03 Å². The Morgan fingerprint density at radius 2 is 1.96 bits per heavy atom. The molecule has 136 valence electrons. The quantitative estimate of drug-likeness (QED) is 0.771. The number of nitrogens with one attached hydrogen (secondary N) is 3. The van der Waals surface area contributed by atoms with Crippen molar-refractivity contribution in [3.8, 4) is 0 Å². The lowest BCUT2D eigenvalue weighted by Crippen LogP contribution is -2.32. The summed E-state index contributed by atoms with van der Waals surface area (Å²) in [5, 5.41) is 8.65. The van der Waals surface area contributed by atoms with Crippen molar-refractivity contribution in [2.45, 2.75) is 45.2 Å². The summed E-state index contributed by atoms with van der Waals surface area (Å²) < 4.78 is 0. The van der Waals surface area contributed by atoms with Crippen molar-refractivity contribution in [3.05, 3.63) is 59.4 Å². The van der Waals surface area contributed by atoms with Gasteiger partial charge in [-0.15, -0.1) is 0 Å². The minimum Gasteiger partial charge on any atom is -0.349 e. The second kappa shape index (κ2) is 8.47. The summed E-state index contributed by atoms with van der Waals surface area (Å²) >= 11 is 0. The van der Waals surface area contributed by atoms with Crippen LogP contribution in [0.5, 0.6) is 0 Å². The second-order valence-electron chi connectivity index (χ2n) is 6.61. The highest BCUT2D eigenvalue weighted by Gasteiger charge is 2.18. The number of aryl methyl sites for hydroxylation is 1. The number of pyridine rings is 1. The van der Waals surface area contributed by atoms with E-state index in [9.17, 15) is 9.59 Å². The highest BCUT2D eigenvalue weighted by Crippen LogP contribution is 2.20. The third-order valence-corrected chi connectivity index (χ3v) is 4.58. The third-order valence-electron chi connectivity index (χ3n) is 4.58. The number of nitrogens with zero attached hydrogens (tertiary/aromatic N) is 1. The molecule has 1 heterocycles. The number of rotatable bonds is 5. The molecular formula is C20H24N4O2. The molecule has 3 N–H and O–H groups in total. The fourth-order valence-corrected chi connectivity index (χ4v) is 3.12. The smallest absolute Gasteiger partial charge is 0.319 e. The maximum Gasteiger partial charge on any atom is 0.319 e. The molecule has 0 atom stereocenters. The Balaban J connectivity index is 1.55. The van der Waals surface area contributed by atoms with Gasteiger partial charge in [0.05, 0.1) is 12.2 Å². The lowest BCUT2D eigenvalue weighted by Gasteiger charge is -2.14. The average Bonchev–Trinajstić information content (AvgIpc) is 3.15. The highest BCUT2D eigenvalue weighted by atomic mass is 16.2. The molecule has 3 amide bonds. The number of hydrogen-bond acceptors (Lipinski definition) is 3. The zero-order valence-electron chi connectivity index (χ0n) is 14.9. The van der Waals surface area contributed by atoms with Crippen LogP contribution in [0.25, 0.3) is 0 Å². The molecule has 1 saturated carbocycles. The molecule has 1 fully saturated rings. The van der Waals surface area contributed by atoms with Gasteiger partial charge in [-0.1, -0.05) is 18.9 Å². The van der Waals surface area contributed by atoms with Crippen molar-refractivity contribution in [3.63, 3.8) is 0 Å². The lowest BCUT2D eigenvalue weighted by molar-refractivity contribution is 0.0938. The van der Waals surface area contributed by atoms with Gasteiger partial charge in [-0.2, -0.15) is 0 Å². The van der Waals surface area contributed by atoms with E-state index in [1.165, 1.54) is 12.8 Å². The number of carbonyl (C=O) groups is 2. The van der Waals surface area contributed by atoms with Gasteiger partial charge in [-0.05, 0) is 55.7 Å². The van der Waals surface area contributed by atoms with Crippen molar-refractivity contribution in [2.24, 2.45) is 0 Å². The highest BCUT2D eigenvalue weighted by molar-refractivity contribution is 5.96. The van der Waals surface area contributed by atoms with Crippen LogP contribution in [-0.4, -0.2) is 23.0 Å². The Kier molecular flexibility index (Phi) is 5.84. The first kappa shape index (κ1) is 17.9. The Hall–Kier alpha value is -2.89. The molecule has 6 nitrogen and oxygen atoms in total. The number of carbonyl (C=O) groups excluding carboxylic acids is 2. The van der Waals surface area contributed by atoms with Crippen LogP contribution in [0.4, 0.5) is 10.5 Å². The van der Waals surface area contributed by atoms with Crippen LogP contribution in [0.1, 0.15) is 47.3 Å². The summed E-state index contributed by atoms with van der Waals surface area (Å²) in [6.07, 6.45) is 6.16. The van der Waals surface area contributed by atoms with Gasteiger partial charge in [0, 0.05) is 23.5 Å². The molecule has 0 bridgehead atoms. The third kappa shape index (κ3) is 4.81. The molecule has 6 heteroatoms. The standard InChI is InChI=1S/C20H24N4O2/c1-14-12-15(19(25)23-16-6-2-3-7-16)9-10-18(14)24-20(26)22-13-17-8-4-5-11-21-17/h4-5,8-12,16H,2-3,6-7,13H2,1H3,(H,23,25)(H2,22,24,26). The van der Waals surface area contributed by atoms with Crippen molar-refractivity contribution in [2.75, 3.05) is 5.32 Å². The van der Waals surface area contributed by atoms with Crippen molar-refractivity contribution < 1.29 is 9.59 Å². The predicted molar refractivity (Wildman–Crippen MR) is 101 cm³/mol. The largest absolute Gasteiger partial charge is 0.349 e. The van der Waals surface area contributed by atoms with Crippen LogP contribution in [0, 0.1) is 6.92 Å². The Morgan fingerprint density at radius 3 is 2.65 bits per heavy atom. The first-order chi connectivity index (χ1) is 12.6. The number of amides is 3. The van der Waals surface area contributed by atoms with Crippen LogP contribution in [0.15, 0.2) is 42.6 Å². The molecule has 0 radical (unpaired) electrons. The van der Waals surface area contributed by atoms with Gasteiger partial charge in [0.15, 0.2) is 0 Å². The van der Waals surface area contributed by atoms with Gasteiger partial charge in [0.1, 0.15) is 0 Å². The Morgan fingerprint density at radius 1 is 1.15 bits per heavy atom. The summed E-state index contributed by atoms with van der Waals surface area (Å²) in [7, 11) is 0. The maximum atomic E-state index is 12.3. The van der Waals surface area contributed by atoms with E-state index >= 15 is 0 Å². The molecule has 3 rings (SSSR count). The number of anilines is 1. The molecule has 2 aromatic rings. The molecule has 1 aliphatic rings. The molecule has 26 heavy (non-hydrogen) atoms. The number of aromatic nitrogens is 1. The predicted octanol–water partition coefficient (Wildman–Crippen LogP) is 3.38. The summed E-state index contributed by atoms with van der Waals surface area (Å²) in [5.41, 5.74) is 2.94. The molecule has 0 spiro atoms. The minimum atomic E-state index is -0.304. The van der Waals surface area contributed by atoms with Crippen molar-refractivity contribution in [1.82, 2.24) is 15.6 Å². The van der Waals surface area contributed by atoms with Crippen molar-refractivity contribution in [1.29, 1.82) is 0 Å². The summed E-state index contributed by atoms with van der Waals surface area (Å²) in [6, 6.07) is 10.9. The van der Waals surface area contributed by atoms with E-state index < -0.39 is 0 Å². The molecule has 0 saturated heterocycles. The van der Waals surface area contributed by atoms with Crippen LogP contribution in [-0.2, 0) is 6.54 Å². The minimum absolute atomic E-state index is 0.0499. The number of benzene rings is 1. The van der Waals surface area contributed by atoms with E-state index in [0.29, 0.717) is 17.8 Å². The normalized spacial score (nSPS) is 14.0. The molecule has 1 aliphatic carbocycles. The zero-order chi connectivity index (χ0) is 18.4. The van der Waals surface area contributed by atoms with E-state index in [1.807, 2.05) is 25.1 Å². The average molecular weight is 352 g/mol. The van der Waals surface area contributed by atoms with Gasteiger partial charge in [-0.3, -0.25) is 9.78 Å². The SMILES string of the molecule is Cc1cc(C(=O)NC2CCCC2)ccc1NC(=O)NCc1ccccn1. The van der Waals surface area contributed by atoms with E-state index in [4.69, 9.17) is 0 Å². The van der Waals surface area contributed by atoms with Crippen LogP contribution < -0.4 is 16.0 Å². The van der Waals surface area contributed by atoms with Gasteiger partial charge < -0.3 is 16.0 Å². The second-order valence-corrected chi connectivity index (χ2v) is 6.61. The number of urea groups is 1. The van der Waals surface area contributed by atoms with E-state index in [1.54, 1.807) is 24.4 Å². The lowest BCUT2D eigenvalue weighted by atomic mass is 10.1. The van der Waals surface area contributed by atoms with E-state index in [2.05, 4.69) is 20.9 Å². The summed E-state index contributed by atoms with van der Waals surface area (Å²) in [4.78, 5) is 28.5. The van der Waals surface area contributed by atoms with Crippen LogP contribution >= 0.6 is 0 Å². The molecule has 1 aromatic heterocycles. The molecular weight excluding hydrogens is 328 g/mol. The van der Waals surface area contributed by atoms with Gasteiger partial charge in [-0.25, -0.2) is 4.79 Å².